The van der Waals surface area contributed by atoms with Gasteiger partial charge in [0.25, 0.3) is 0 Å². The largest absolute Gasteiger partial charge is 1.00 e. The topological polar surface area (TPSA) is 93.1 Å². The molecule has 3 rings (SSSR count). The van der Waals surface area contributed by atoms with Gasteiger partial charge in [-0.1, -0.05) is 38.8 Å². The summed E-state index contributed by atoms with van der Waals surface area (Å²) in [5.74, 6) is 2.28. The fraction of sp³-hybridized carbons (Fsp3) is 0.682. The third kappa shape index (κ3) is 6.86. The molecule has 1 aliphatic carbocycles. The van der Waals surface area contributed by atoms with Crippen molar-refractivity contribution in [3.05, 3.63) is 23.5 Å². The van der Waals surface area contributed by atoms with Gasteiger partial charge in [0.15, 0.2) is 17.3 Å². The van der Waals surface area contributed by atoms with Crippen LogP contribution in [0.25, 0.3) is 0 Å². The number of rotatable bonds is 11. The predicted octanol–water partition coefficient (Wildman–Crippen LogP) is 1.82. The van der Waals surface area contributed by atoms with Gasteiger partial charge in [-0.2, -0.15) is 5.21 Å². The number of hydrogen-bond donors (Lipinski definition) is 2. The molecule has 0 unspecified atom stereocenters. The number of nitrogens with one attached hydrogen (secondary N) is 1. The number of H-pyrrole nitrogens is 1. The first kappa shape index (κ1) is 25.0. The molecule has 0 amide bonds. The summed E-state index contributed by atoms with van der Waals surface area (Å²) in [5, 5.41) is 24.8. The molecule has 1 aromatic heterocycles. The number of aromatic amines is 1. The smallest absolute Gasteiger partial charge is 1.00 e. The van der Waals surface area contributed by atoms with Crippen molar-refractivity contribution in [1.29, 1.82) is 0 Å². The Kier molecular flexibility index (Phi) is 9.91. The molecular formula is C22H35N4NaO3. The molecule has 0 atom stereocenters. The van der Waals surface area contributed by atoms with Gasteiger partial charge < -0.3 is 16.0 Å². The number of hydrogen-bond acceptors (Lipinski definition) is 6. The van der Waals surface area contributed by atoms with Crippen molar-refractivity contribution in [2.24, 2.45) is 0 Å². The van der Waals surface area contributed by atoms with Crippen molar-refractivity contribution in [2.75, 3.05) is 6.61 Å². The predicted molar refractivity (Wildman–Crippen MR) is 113 cm³/mol. The van der Waals surface area contributed by atoms with Crippen LogP contribution in [0, 0.1) is 0 Å². The van der Waals surface area contributed by atoms with Crippen LogP contribution in [0.3, 0.4) is 0 Å². The van der Waals surface area contributed by atoms with Gasteiger partial charge in [0, 0.05) is 11.5 Å². The summed E-state index contributed by atoms with van der Waals surface area (Å²) in [6.07, 6.45) is 9.74. The van der Waals surface area contributed by atoms with E-state index in [4.69, 9.17) is 9.47 Å². The second kappa shape index (κ2) is 11.9. The minimum atomic E-state index is -0.0792. The number of nitrogens with zero attached hydrogens (tertiary/aromatic N) is 3. The Morgan fingerprint density at radius 2 is 1.93 bits per heavy atom. The quantitative estimate of drug-likeness (QED) is 0.421. The van der Waals surface area contributed by atoms with Crippen LogP contribution in [0.1, 0.15) is 85.0 Å². The Balaban J connectivity index is 0.00000240. The molecule has 162 valence electrons. The fourth-order valence-electron chi connectivity index (χ4n) is 3.87. The number of unbranched alkanes of at least 4 members (excludes halogenated alkanes) is 2. The summed E-state index contributed by atoms with van der Waals surface area (Å²) in [6.45, 7) is 7.01. The number of aromatic nitrogens is 4. The molecule has 0 radical (unpaired) electrons. The van der Waals surface area contributed by atoms with Gasteiger partial charge in [0.2, 0.25) is 0 Å². The van der Waals surface area contributed by atoms with E-state index in [-0.39, 0.29) is 48.3 Å². The van der Waals surface area contributed by atoms with Crippen LogP contribution >= 0.6 is 0 Å². The summed E-state index contributed by atoms with van der Waals surface area (Å²) in [5.41, 5.74) is 0.999. The molecule has 0 bridgehead atoms. The molecule has 1 fully saturated rings. The molecule has 0 spiro atoms. The standard InChI is InChI=1S/C22H34N4O3.Na.H/c1-4-16-14-20(29-17-10-6-7-11-17)18(27)15-19(16)28-13-9-5-8-12-22(2,3)21-23-25-26-24-21;;/h14-15,17,27H,4-13H2,1-3H3,(H,23,24,25,26);;/q;+1;-1. The van der Waals surface area contributed by atoms with Gasteiger partial charge in [0.1, 0.15) is 5.75 Å². The minimum absolute atomic E-state index is 0. The van der Waals surface area contributed by atoms with E-state index < -0.39 is 0 Å². The molecule has 1 saturated carbocycles. The zero-order valence-corrected chi connectivity index (χ0v) is 20.9. The molecule has 2 N–H and O–H groups in total. The van der Waals surface area contributed by atoms with Crippen LogP contribution in [-0.4, -0.2) is 38.4 Å². The van der Waals surface area contributed by atoms with E-state index in [1.807, 2.05) is 6.07 Å². The van der Waals surface area contributed by atoms with Gasteiger partial charge in [-0.05, 0) is 56.6 Å². The number of benzene rings is 1. The van der Waals surface area contributed by atoms with Crippen molar-refractivity contribution < 1.29 is 45.6 Å². The second-order valence-corrected chi connectivity index (χ2v) is 8.58. The summed E-state index contributed by atoms with van der Waals surface area (Å²) >= 11 is 0. The van der Waals surface area contributed by atoms with E-state index in [0.29, 0.717) is 12.4 Å². The number of phenols is 1. The number of aromatic hydroxyl groups is 1. The minimum Gasteiger partial charge on any atom is -1.00 e. The Labute approximate surface area is 203 Å². The van der Waals surface area contributed by atoms with Crippen molar-refractivity contribution in [3.63, 3.8) is 0 Å². The van der Waals surface area contributed by atoms with E-state index in [2.05, 4.69) is 41.4 Å². The third-order valence-corrected chi connectivity index (χ3v) is 5.77. The van der Waals surface area contributed by atoms with Crippen molar-refractivity contribution >= 4 is 0 Å². The number of phenolic OH excluding ortho intramolecular Hbond substituents is 1. The summed E-state index contributed by atoms with van der Waals surface area (Å²) < 4.78 is 12.0. The molecule has 1 heterocycles. The molecule has 1 aliphatic rings. The van der Waals surface area contributed by atoms with Crippen molar-refractivity contribution in [2.45, 2.75) is 90.1 Å². The first-order chi connectivity index (χ1) is 14.0. The second-order valence-electron chi connectivity index (χ2n) is 8.58. The molecule has 8 heteroatoms. The van der Waals surface area contributed by atoms with Crippen LogP contribution in [-0.2, 0) is 11.8 Å². The van der Waals surface area contributed by atoms with Gasteiger partial charge in [-0.15, -0.1) is 10.2 Å². The maximum Gasteiger partial charge on any atom is 1.00 e. The maximum absolute atomic E-state index is 10.4. The summed E-state index contributed by atoms with van der Waals surface area (Å²) in [4.78, 5) is 0. The molecule has 7 nitrogen and oxygen atoms in total. The van der Waals surface area contributed by atoms with Crippen LogP contribution in [0.15, 0.2) is 12.1 Å². The summed E-state index contributed by atoms with van der Waals surface area (Å²) in [6, 6.07) is 3.65. The molecule has 30 heavy (non-hydrogen) atoms. The molecule has 0 aliphatic heterocycles. The molecule has 1 aromatic carbocycles. The Morgan fingerprint density at radius 3 is 2.60 bits per heavy atom. The van der Waals surface area contributed by atoms with Crippen LogP contribution in [0.5, 0.6) is 17.2 Å². The zero-order valence-electron chi connectivity index (χ0n) is 19.9. The van der Waals surface area contributed by atoms with E-state index in [9.17, 15) is 5.11 Å². The van der Waals surface area contributed by atoms with E-state index in [0.717, 1.165) is 62.1 Å². The normalized spacial score (nSPS) is 14.5. The van der Waals surface area contributed by atoms with Crippen LogP contribution in [0.4, 0.5) is 0 Å². The van der Waals surface area contributed by atoms with Gasteiger partial charge in [-0.25, -0.2) is 0 Å². The average molecular weight is 427 g/mol. The van der Waals surface area contributed by atoms with Crippen LogP contribution < -0.4 is 39.0 Å². The molecule has 0 saturated heterocycles. The third-order valence-electron chi connectivity index (χ3n) is 5.77. The number of tetrazole rings is 1. The van der Waals surface area contributed by atoms with E-state index in [1.165, 1.54) is 12.8 Å². The van der Waals surface area contributed by atoms with E-state index in [1.54, 1.807) is 6.07 Å². The Hall–Kier alpha value is -1.31. The van der Waals surface area contributed by atoms with Gasteiger partial charge in [-0.3, -0.25) is 0 Å². The van der Waals surface area contributed by atoms with Crippen molar-refractivity contribution in [1.82, 2.24) is 20.6 Å². The first-order valence-electron chi connectivity index (χ1n) is 10.9. The summed E-state index contributed by atoms with van der Waals surface area (Å²) in [7, 11) is 0. The zero-order chi connectivity index (χ0) is 20.7. The molecular weight excluding hydrogens is 391 g/mol. The SMILES string of the molecule is CCc1cc(OC2CCCC2)c(O)cc1OCCCCCC(C)(C)c1nn[nH]n1.[H-].[Na+]. The fourth-order valence-corrected chi connectivity index (χ4v) is 3.87. The van der Waals surface area contributed by atoms with E-state index >= 15 is 0 Å². The van der Waals surface area contributed by atoms with Crippen molar-refractivity contribution in [3.8, 4) is 17.2 Å². The Morgan fingerprint density at radius 1 is 1.17 bits per heavy atom. The van der Waals surface area contributed by atoms with Crippen LogP contribution in [0.2, 0.25) is 0 Å². The molecule has 2 aromatic rings. The Bertz CT molecular complexity index is 768. The van der Waals surface area contributed by atoms with Gasteiger partial charge in [0.05, 0.1) is 12.7 Å². The van der Waals surface area contributed by atoms with Gasteiger partial charge >= 0.3 is 29.6 Å². The first-order valence-corrected chi connectivity index (χ1v) is 10.9. The number of aryl methyl sites for hydroxylation is 1. The number of ether oxygens (including phenoxy) is 2. The maximum atomic E-state index is 10.4. The average Bonchev–Trinajstić information content (AvgIpc) is 3.40. The monoisotopic (exact) mass is 426 g/mol.